The second kappa shape index (κ2) is 10.2. The molecule has 0 radical (unpaired) electrons. The first kappa shape index (κ1) is 24.5. The van der Waals surface area contributed by atoms with Gasteiger partial charge in [0.25, 0.3) is 0 Å². The highest BCUT2D eigenvalue weighted by Gasteiger charge is 2.27. The third kappa shape index (κ3) is 6.46. The number of likely N-dealkylation sites (tertiary alicyclic amines) is 1. The number of amides is 2. The number of carbonyl (C=O) groups is 3. The van der Waals surface area contributed by atoms with Gasteiger partial charge in [0.05, 0.1) is 24.1 Å². The molecule has 33 heavy (non-hydrogen) atoms. The Morgan fingerprint density at radius 3 is 2.48 bits per heavy atom. The molecule has 0 aliphatic carbocycles. The summed E-state index contributed by atoms with van der Waals surface area (Å²) < 4.78 is 12.0. The first-order chi connectivity index (χ1) is 15.6. The van der Waals surface area contributed by atoms with Gasteiger partial charge < -0.3 is 14.4 Å². The van der Waals surface area contributed by atoms with Crippen LogP contribution >= 0.6 is 0 Å². The van der Waals surface area contributed by atoms with E-state index in [1.165, 1.54) is 5.56 Å². The Morgan fingerprint density at radius 2 is 1.85 bits per heavy atom. The van der Waals surface area contributed by atoms with E-state index in [0.717, 1.165) is 23.9 Å². The Balaban J connectivity index is 1.63. The number of hydrogen-bond acceptors (Lipinski definition) is 6. The minimum Gasteiger partial charge on any atom is -0.466 e. The van der Waals surface area contributed by atoms with E-state index in [-0.39, 0.29) is 30.8 Å². The first-order valence-electron chi connectivity index (χ1n) is 11.5. The molecule has 1 aliphatic rings. The van der Waals surface area contributed by atoms with E-state index in [9.17, 15) is 14.4 Å². The summed E-state index contributed by atoms with van der Waals surface area (Å²) in [4.78, 5) is 42.5. The molecular formula is C24H34N4O5. The lowest BCUT2D eigenvalue weighted by Gasteiger charge is -2.33. The quantitative estimate of drug-likeness (QED) is 0.659. The van der Waals surface area contributed by atoms with Gasteiger partial charge in [0.1, 0.15) is 11.4 Å². The molecule has 0 atom stereocenters. The van der Waals surface area contributed by atoms with E-state index in [1.54, 1.807) is 16.5 Å². The van der Waals surface area contributed by atoms with Crippen molar-refractivity contribution in [1.29, 1.82) is 0 Å². The number of nitrogens with zero attached hydrogens (tertiary/aromatic N) is 3. The second-order valence-corrected chi connectivity index (χ2v) is 9.32. The summed E-state index contributed by atoms with van der Waals surface area (Å²) in [6.07, 6.45) is 1.54. The van der Waals surface area contributed by atoms with Gasteiger partial charge in [-0.25, -0.2) is 14.5 Å². The Morgan fingerprint density at radius 1 is 1.15 bits per heavy atom. The molecule has 0 unspecified atom stereocenters. The van der Waals surface area contributed by atoms with Gasteiger partial charge in [0.2, 0.25) is 5.91 Å². The lowest BCUT2D eigenvalue weighted by molar-refractivity contribution is -0.144. The maximum atomic E-state index is 12.3. The Kier molecular flexibility index (Phi) is 7.61. The molecule has 0 spiro atoms. The first-order valence-corrected chi connectivity index (χ1v) is 11.5. The van der Waals surface area contributed by atoms with Crippen LogP contribution in [-0.4, -0.2) is 57.8 Å². The number of aromatic nitrogens is 2. The number of rotatable bonds is 6. The van der Waals surface area contributed by atoms with E-state index in [0.29, 0.717) is 31.4 Å². The molecule has 1 saturated heterocycles. The third-order valence-electron chi connectivity index (χ3n) is 5.56. The number of esters is 1. The normalized spacial score (nSPS) is 14.9. The second-order valence-electron chi connectivity index (χ2n) is 9.32. The minimum atomic E-state index is -0.496. The molecule has 9 nitrogen and oxygen atoms in total. The highest BCUT2D eigenvalue weighted by atomic mass is 16.6. The Labute approximate surface area is 194 Å². The number of benzene rings is 1. The van der Waals surface area contributed by atoms with Crippen LogP contribution < -0.4 is 5.43 Å². The lowest BCUT2D eigenvalue weighted by Crippen LogP contribution is -2.41. The van der Waals surface area contributed by atoms with E-state index < -0.39 is 5.60 Å². The van der Waals surface area contributed by atoms with Gasteiger partial charge in [0, 0.05) is 19.5 Å². The van der Waals surface area contributed by atoms with Crippen LogP contribution in [0.25, 0.3) is 11.0 Å². The van der Waals surface area contributed by atoms with Crippen molar-refractivity contribution in [3.8, 4) is 0 Å². The van der Waals surface area contributed by atoms with Crippen LogP contribution in [-0.2, 0) is 19.1 Å². The van der Waals surface area contributed by atoms with Crippen LogP contribution in [0.15, 0.2) is 18.2 Å². The van der Waals surface area contributed by atoms with Crippen LogP contribution in [0.1, 0.15) is 70.7 Å². The average Bonchev–Trinajstić information content (AvgIpc) is 3.05. The van der Waals surface area contributed by atoms with E-state index >= 15 is 0 Å². The van der Waals surface area contributed by atoms with Gasteiger partial charge in [-0.1, -0.05) is 6.07 Å². The molecule has 9 heteroatoms. The van der Waals surface area contributed by atoms with Crippen molar-refractivity contribution in [2.24, 2.45) is 0 Å². The number of carbonyl (C=O) groups excluding carboxylic acids is 3. The molecule has 1 aliphatic heterocycles. The molecule has 0 bridgehead atoms. The van der Waals surface area contributed by atoms with Crippen molar-refractivity contribution in [2.75, 3.05) is 25.1 Å². The predicted molar refractivity (Wildman–Crippen MR) is 124 cm³/mol. The minimum absolute atomic E-state index is 0.0392. The maximum Gasteiger partial charge on any atom is 0.410 e. The summed E-state index contributed by atoms with van der Waals surface area (Å²) >= 11 is 0. The zero-order valence-electron chi connectivity index (χ0n) is 20.1. The summed E-state index contributed by atoms with van der Waals surface area (Å²) in [5.41, 5.74) is 5.09. The summed E-state index contributed by atoms with van der Waals surface area (Å²) in [6.45, 7) is 10.8. The van der Waals surface area contributed by atoms with E-state index in [4.69, 9.17) is 9.47 Å². The van der Waals surface area contributed by atoms with Crippen molar-refractivity contribution in [1.82, 2.24) is 14.6 Å². The molecule has 1 fully saturated rings. The summed E-state index contributed by atoms with van der Waals surface area (Å²) in [5.74, 6) is 0.329. The van der Waals surface area contributed by atoms with Crippen molar-refractivity contribution in [3.05, 3.63) is 29.6 Å². The summed E-state index contributed by atoms with van der Waals surface area (Å²) in [7, 11) is 0. The smallest absolute Gasteiger partial charge is 0.410 e. The molecule has 2 amide bonds. The zero-order chi connectivity index (χ0) is 24.2. The topological polar surface area (TPSA) is 103 Å². The van der Waals surface area contributed by atoms with Gasteiger partial charge in [-0.05, 0) is 71.1 Å². The predicted octanol–water partition coefficient (Wildman–Crippen LogP) is 3.87. The fourth-order valence-corrected chi connectivity index (χ4v) is 3.96. The molecule has 180 valence electrons. The number of hydrogen-bond donors (Lipinski definition) is 1. The standard InChI is InChI=1S/C24H34N4O5/c1-6-32-22(30)10-9-21(29)26-28-16(2)25-19-15-18(7-8-20(19)28)17-11-13-27(14-12-17)23(31)33-24(3,4)5/h7-8,15,17H,6,9-14H2,1-5H3,(H,26,29). The van der Waals surface area contributed by atoms with Crippen molar-refractivity contribution in [3.63, 3.8) is 0 Å². The maximum absolute atomic E-state index is 12.3. The molecule has 1 aromatic heterocycles. The molecule has 2 aromatic rings. The fraction of sp³-hybridized carbons (Fsp3) is 0.583. The highest BCUT2D eigenvalue weighted by molar-refractivity contribution is 5.89. The molecular weight excluding hydrogens is 424 g/mol. The number of nitrogens with one attached hydrogen (secondary N) is 1. The molecule has 3 rings (SSSR count). The monoisotopic (exact) mass is 458 g/mol. The number of ether oxygens (including phenoxy) is 2. The Hall–Kier alpha value is -3.10. The number of fused-ring (bicyclic) bond motifs is 1. The van der Waals surface area contributed by atoms with Gasteiger partial charge >= 0.3 is 12.1 Å². The SMILES string of the molecule is CCOC(=O)CCC(=O)Nn1c(C)nc2cc(C3CCN(C(=O)OC(C)(C)C)CC3)ccc21. The summed E-state index contributed by atoms with van der Waals surface area (Å²) in [5, 5.41) is 0. The molecule has 1 N–H and O–H groups in total. The van der Waals surface area contributed by atoms with Crippen molar-refractivity contribution >= 4 is 29.0 Å². The van der Waals surface area contributed by atoms with E-state index in [2.05, 4.69) is 22.5 Å². The number of piperidine rings is 1. The van der Waals surface area contributed by atoms with Gasteiger partial charge in [-0.3, -0.25) is 15.0 Å². The Bertz CT molecular complexity index is 1020. The van der Waals surface area contributed by atoms with Crippen molar-refractivity contribution < 1.29 is 23.9 Å². The third-order valence-corrected chi connectivity index (χ3v) is 5.56. The van der Waals surface area contributed by atoms with E-state index in [1.807, 2.05) is 33.8 Å². The van der Waals surface area contributed by atoms with Crippen LogP contribution in [0.3, 0.4) is 0 Å². The fourth-order valence-electron chi connectivity index (χ4n) is 3.96. The van der Waals surface area contributed by atoms with Gasteiger partial charge in [-0.2, -0.15) is 0 Å². The zero-order valence-corrected chi connectivity index (χ0v) is 20.1. The number of imidazole rings is 1. The lowest BCUT2D eigenvalue weighted by atomic mass is 9.89. The molecule has 0 saturated carbocycles. The van der Waals surface area contributed by atoms with Crippen LogP contribution in [0, 0.1) is 6.92 Å². The van der Waals surface area contributed by atoms with Gasteiger partial charge in [-0.15, -0.1) is 0 Å². The molecule has 1 aromatic carbocycles. The van der Waals surface area contributed by atoms with Crippen LogP contribution in [0.4, 0.5) is 4.79 Å². The van der Waals surface area contributed by atoms with Crippen LogP contribution in [0.5, 0.6) is 0 Å². The number of aryl methyl sites for hydroxylation is 1. The van der Waals surface area contributed by atoms with Crippen LogP contribution in [0.2, 0.25) is 0 Å². The van der Waals surface area contributed by atoms with Crippen molar-refractivity contribution in [2.45, 2.75) is 71.8 Å². The molecule has 2 heterocycles. The largest absolute Gasteiger partial charge is 0.466 e. The summed E-state index contributed by atoms with van der Waals surface area (Å²) in [6, 6.07) is 6.06. The average molecular weight is 459 g/mol. The van der Waals surface area contributed by atoms with Gasteiger partial charge in [0.15, 0.2) is 0 Å². The highest BCUT2D eigenvalue weighted by Crippen LogP contribution is 2.30.